The fourth-order valence-corrected chi connectivity index (χ4v) is 5.14. The minimum atomic E-state index is -0.622. The minimum absolute atomic E-state index is 0.0147. The lowest BCUT2D eigenvalue weighted by atomic mass is 9.82. The smallest absolute Gasteiger partial charge is 0.254 e. The number of nitrogens with zero attached hydrogens (tertiary/aromatic N) is 5. The SMILES string of the molecule is COc1cc(C(=O)N2CCC3(CC2)CC(=O)c2cc(-c4nnn[nH]4)ccc2O3)cc2c1ccn2OC. The molecular weight excluding hydrogens is 464 g/mol. The number of carbonyl (C=O) groups is 2. The number of aromatic nitrogens is 5. The van der Waals surface area contributed by atoms with E-state index in [1.807, 2.05) is 18.2 Å². The number of rotatable bonds is 4. The molecule has 0 bridgehead atoms. The van der Waals surface area contributed by atoms with E-state index < -0.39 is 5.60 Å². The Bertz CT molecular complexity index is 1470. The van der Waals surface area contributed by atoms with E-state index in [1.54, 1.807) is 48.2 Å². The number of tetrazole rings is 1. The molecule has 4 aromatic rings. The van der Waals surface area contributed by atoms with Gasteiger partial charge in [0, 0.05) is 48.6 Å². The maximum absolute atomic E-state index is 13.4. The van der Waals surface area contributed by atoms with Crippen molar-refractivity contribution in [1.29, 1.82) is 0 Å². The number of Topliss-reactive ketones (excluding diaryl/α,β-unsaturated/α-hetero) is 1. The van der Waals surface area contributed by atoms with Crippen molar-refractivity contribution >= 4 is 22.6 Å². The number of likely N-dealkylation sites (tertiary alicyclic amines) is 1. The fourth-order valence-electron chi connectivity index (χ4n) is 5.14. The van der Waals surface area contributed by atoms with Gasteiger partial charge in [0.15, 0.2) is 11.6 Å². The van der Waals surface area contributed by atoms with Crippen molar-refractivity contribution in [2.24, 2.45) is 0 Å². The molecule has 0 aliphatic carbocycles. The Kier molecular flexibility index (Phi) is 5.13. The van der Waals surface area contributed by atoms with Gasteiger partial charge in [0.25, 0.3) is 5.91 Å². The van der Waals surface area contributed by atoms with E-state index in [-0.39, 0.29) is 18.1 Å². The number of benzene rings is 2. The average Bonchev–Trinajstić information content (AvgIpc) is 3.58. The van der Waals surface area contributed by atoms with Crippen molar-refractivity contribution in [1.82, 2.24) is 30.3 Å². The maximum atomic E-state index is 13.4. The van der Waals surface area contributed by atoms with Crippen molar-refractivity contribution < 1.29 is 23.9 Å². The summed E-state index contributed by atoms with van der Waals surface area (Å²) in [4.78, 5) is 33.7. The molecule has 1 spiro atoms. The first kappa shape index (κ1) is 22.1. The van der Waals surface area contributed by atoms with Crippen LogP contribution in [0.1, 0.15) is 40.0 Å². The molecular formula is C25H24N6O5. The van der Waals surface area contributed by atoms with Gasteiger partial charge in [0.05, 0.1) is 24.6 Å². The largest absolute Gasteiger partial charge is 0.496 e. The number of piperidine rings is 1. The van der Waals surface area contributed by atoms with Crippen LogP contribution in [0.4, 0.5) is 0 Å². The second kappa shape index (κ2) is 8.36. The van der Waals surface area contributed by atoms with Crippen LogP contribution in [0.25, 0.3) is 22.3 Å². The van der Waals surface area contributed by atoms with Crippen LogP contribution in [0.15, 0.2) is 42.6 Å². The molecule has 11 heteroatoms. The van der Waals surface area contributed by atoms with Crippen molar-refractivity contribution in [3.8, 4) is 22.9 Å². The Hall–Kier alpha value is -4.41. The normalized spacial score (nSPS) is 16.6. The van der Waals surface area contributed by atoms with Crippen LogP contribution < -0.4 is 14.3 Å². The zero-order valence-corrected chi connectivity index (χ0v) is 19.9. The van der Waals surface area contributed by atoms with Crippen LogP contribution in [-0.4, -0.2) is 74.9 Å². The molecule has 2 aromatic heterocycles. The van der Waals surface area contributed by atoms with E-state index in [0.29, 0.717) is 54.4 Å². The van der Waals surface area contributed by atoms with E-state index in [1.165, 1.54) is 0 Å². The zero-order valence-electron chi connectivity index (χ0n) is 19.9. The molecule has 1 N–H and O–H groups in total. The highest BCUT2D eigenvalue weighted by Crippen LogP contribution is 2.41. The number of amides is 1. The van der Waals surface area contributed by atoms with Crippen LogP contribution in [0.3, 0.4) is 0 Å². The molecule has 11 nitrogen and oxygen atoms in total. The molecule has 2 aliphatic heterocycles. The van der Waals surface area contributed by atoms with Gasteiger partial charge in [-0.2, -0.15) is 4.73 Å². The molecule has 2 aliphatic rings. The van der Waals surface area contributed by atoms with Gasteiger partial charge >= 0.3 is 0 Å². The van der Waals surface area contributed by atoms with E-state index in [4.69, 9.17) is 14.3 Å². The average molecular weight is 489 g/mol. The summed E-state index contributed by atoms with van der Waals surface area (Å²) in [5.41, 5.74) is 1.90. The first-order valence-electron chi connectivity index (χ1n) is 11.6. The van der Waals surface area contributed by atoms with Crippen LogP contribution in [0.5, 0.6) is 11.5 Å². The fraction of sp³-hybridized carbons (Fsp3) is 0.320. The Morgan fingerprint density at radius 1 is 1.14 bits per heavy atom. The third-order valence-electron chi connectivity index (χ3n) is 7.07. The Labute approximate surface area is 205 Å². The summed E-state index contributed by atoms with van der Waals surface area (Å²) < 4.78 is 13.5. The van der Waals surface area contributed by atoms with Crippen LogP contribution in [-0.2, 0) is 0 Å². The number of nitrogens with one attached hydrogen (secondary N) is 1. The molecule has 0 saturated carbocycles. The Morgan fingerprint density at radius 2 is 1.97 bits per heavy atom. The number of ether oxygens (including phenoxy) is 2. The quantitative estimate of drug-likeness (QED) is 0.465. The molecule has 184 valence electrons. The predicted octanol–water partition coefficient (Wildman–Crippen LogP) is 2.53. The lowest BCUT2D eigenvalue weighted by Gasteiger charge is -2.44. The molecule has 2 aromatic carbocycles. The van der Waals surface area contributed by atoms with Crippen molar-refractivity contribution in [2.45, 2.75) is 24.9 Å². The van der Waals surface area contributed by atoms with Gasteiger partial charge in [-0.05, 0) is 46.8 Å². The van der Waals surface area contributed by atoms with Gasteiger partial charge in [-0.3, -0.25) is 9.59 Å². The number of carbonyl (C=O) groups excluding carboxylic acids is 2. The molecule has 0 radical (unpaired) electrons. The van der Waals surface area contributed by atoms with Crippen molar-refractivity contribution in [3.05, 3.63) is 53.7 Å². The first-order valence-corrected chi connectivity index (χ1v) is 11.6. The summed E-state index contributed by atoms with van der Waals surface area (Å²) in [5.74, 6) is 1.57. The Balaban J connectivity index is 1.20. The number of hydrogen-bond donors (Lipinski definition) is 1. The number of methoxy groups -OCH3 is 1. The maximum Gasteiger partial charge on any atom is 0.254 e. The minimum Gasteiger partial charge on any atom is -0.496 e. The monoisotopic (exact) mass is 488 g/mol. The predicted molar refractivity (Wildman–Crippen MR) is 128 cm³/mol. The number of H-pyrrole nitrogens is 1. The number of ketones is 1. The molecule has 1 saturated heterocycles. The highest BCUT2D eigenvalue weighted by atomic mass is 16.6. The summed E-state index contributed by atoms with van der Waals surface area (Å²) >= 11 is 0. The molecule has 6 rings (SSSR count). The second-order valence-electron chi connectivity index (χ2n) is 9.07. The zero-order chi connectivity index (χ0) is 24.9. The summed E-state index contributed by atoms with van der Waals surface area (Å²) in [6.07, 6.45) is 3.17. The van der Waals surface area contributed by atoms with Crippen LogP contribution in [0, 0.1) is 0 Å². The van der Waals surface area contributed by atoms with E-state index >= 15 is 0 Å². The molecule has 1 amide bonds. The van der Waals surface area contributed by atoms with Gasteiger partial charge < -0.3 is 19.2 Å². The molecule has 4 heterocycles. The highest BCUT2D eigenvalue weighted by molar-refractivity contribution is 6.02. The van der Waals surface area contributed by atoms with Gasteiger partial charge in [-0.1, -0.05) is 0 Å². The Morgan fingerprint density at radius 3 is 2.69 bits per heavy atom. The van der Waals surface area contributed by atoms with Gasteiger partial charge in [-0.15, -0.1) is 5.10 Å². The molecule has 0 atom stereocenters. The van der Waals surface area contributed by atoms with E-state index in [2.05, 4.69) is 20.6 Å². The summed E-state index contributed by atoms with van der Waals surface area (Å²) in [6.45, 7) is 0.962. The standard InChI is InChI=1S/C25H24N6O5/c1-34-22-13-16(12-19-17(22)5-8-31(19)35-2)24(33)30-9-6-25(7-10-30)14-20(32)18-11-15(3-4-21(18)36-25)23-26-28-29-27-23/h3-5,8,11-13H,6-7,9-10,14H2,1-2H3,(H,26,27,28,29). The molecule has 36 heavy (non-hydrogen) atoms. The lowest BCUT2D eigenvalue weighted by molar-refractivity contribution is -0.00570. The topological polar surface area (TPSA) is 124 Å². The first-order chi connectivity index (χ1) is 17.5. The number of hydrogen-bond acceptors (Lipinski definition) is 8. The van der Waals surface area contributed by atoms with Crippen LogP contribution in [0.2, 0.25) is 0 Å². The number of fused-ring (bicyclic) bond motifs is 2. The molecule has 1 fully saturated rings. The number of aromatic amines is 1. The summed E-state index contributed by atoms with van der Waals surface area (Å²) in [5, 5.41) is 14.7. The summed E-state index contributed by atoms with van der Waals surface area (Å²) in [7, 11) is 3.15. The summed E-state index contributed by atoms with van der Waals surface area (Å²) in [6, 6.07) is 10.8. The van der Waals surface area contributed by atoms with Gasteiger partial charge in [-0.25, -0.2) is 5.10 Å². The van der Waals surface area contributed by atoms with Crippen LogP contribution >= 0.6 is 0 Å². The van der Waals surface area contributed by atoms with E-state index in [9.17, 15) is 9.59 Å². The van der Waals surface area contributed by atoms with Crippen molar-refractivity contribution in [3.63, 3.8) is 0 Å². The third kappa shape index (κ3) is 3.55. The van der Waals surface area contributed by atoms with Gasteiger partial charge in [0.2, 0.25) is 0 Å². The highest BCUT2D eigenvalue weighted by Gasteiger charge is 2.44. The third-order valence-corrected chi connectivity index (χ3v) is 7.07. The second-order valence-corrected chi connectivity index (χ2v) is 9.07. The van der Waals surface area contributed by atoms with Crippen molar-refractivity contribution in [2.75, 3.05) is 27.3 Å². The van der Waals surface area contributed by atoms with E-state index in [0.717, 1.165) is 16.5 Å². The lowest BCUT2D eigenvalue weighted by Crippen LogP contribution is -2.52. The molecule has 0 unspecified atom stereocenters. The van der Waals surface area contributed by atoms with Gasteiger partial charge in [0.1, 0.15) is 24.2 Å².